The number of nitrogens with one attached hydrogen (secondary N) is 2. The summed E-state index contributed by atoms with van der Waals surface area (Å²) in [5.74, 6) is -0.174. The second kappa shape index (κ2) is 4.45. The van der Waals surface area contributed by atoms with Crippen molar-refractivity contribution in [2.45, 2.75) is 12.8 Å². The molecule has 1 aromatic carbocycles. The Balaban J connectivity index is 2.20. The standard InChI is InChI=1S/C12H15FN2/c1-14-7-3-5-10-8-9-4-2-6-11(13)12(9)15-10/h2,4,6,8,14-15H,3,5,7H2,1H3. The van der Waals surface area contributed by atoms with Crippen LogP contribution in [0.15, 0.2) is 24.3 Å². The van der Waals surface area contributed by atoms with Crippen molar-refractivity contribution in [1.29, 1.82) is 0 Å². The van der Waals surface area contributed by atoms with Crippen LogP contribution in [0.25, 0.3) is 10.9 Å². The molecule has 0 aliphatic carbocycles. The summed E-state index contributed by atoms with van der Waals surface area (Å²) in [6.45, 7) is 0.984. The maximum atomic E-state index is 13.3. The number of aromatic nitrogens is 1. The lowest BCUT2D eigenvalue weighted by Crippen LogP contribution is -2.08. The predicted octanol–water partition coefficient (Wildman–Crippen LogP) is 2.46. The van der Waals surface area contributed by atoms with Crippen molar-refractivity contribution in [3.05, 3.63) is 35.8 Å². The lowest BCUT2D eigenvalue weighted by atomic mass is 10.2. The van der Waals surface area contributed by atoms with Crippen LogP contribution in [0.2, 0.25) is 0 Å². The zero-order chi connectivity index (χ0) is 10.7. The van der Waals surface area contributed by atoms with E-state index in [0.29, 0.717) is 5.52 Å². The molecule has 0 fully saturated rings. The first-order valence-electron chi connectivity index (χ1n) is 5.22. The van der Waals surface area contributed by atoms with E-state index < -0.39 is 0 Å². The molecule has 0 saturated heterocycles. The Kier molecular flexibility index (Phi) is 3.02. The Bertz CT molecular complexity index is 448. The van der Waals surface area contributed by atoms with Gasteiger partial charge in [-0.1, -0.05) is 12.1 Å². The third-order valence-electron chi connectivity index (χ3n) is 2.53. The monoisotopic (exact) mass is 206 g/mol. The SMILES string of the molecule is CNCCCc1cc2cccc(F)c2[nH]1. The number of para-hydroxylation sites is 1. The van der Waals surface area contributed by atoms with E-state index in [0.717, 1.165) is 30.5 Å². The maximum absolute atomic E-state index is 13.3. The van der Waals surface area contributed by atoms with Crippen molar-refractivity contribution in [2.75, 3.05) is 13.6 Å². The summed E-state index contributed by atoms with van der Waals surface area (Å²) in [6, 6.07) is 7.17. The van der Waals surface area contributed by atoms with Gasteiger partial charge in [0.05, 0.1) is 5.52 Å². The smallest absolute Gasteiger partial charge is 0.147 e. The molecular weight excluding hydrogens is 191 g/mol. The fourth-order valence-corrected chi connectivity index (χ4v) is 1.77. The van der Waals surface area contributed by atoms with Crippen LogP contribution >= 0.6 is 0 Å². The highest BCUT2D eigenvalue weighted by Crippen LogP contribution is 2.18. The van der Waals surface area contributed by atoms with Gasteiger partial charge in [-0.2, -0.15) is 0 Å². The van der Waals surface area contributed by atoms with Gasteiger partial charge in [0.25, 0.3) is 0 Å². The van der Waals surface area contributed by atoms with Crippen molar-refractivity contribution in [3.8, 4) is 0 Å². The molecule has 2 nitrogen and oxygen atoms in total. The van der Waals surface area contributed by atoms with E-state index in [1.54, 1.807) is 6.07 Å². The molecular formula is C12H15FN2. The molecule has 0 bridgehead atoms. The quantitative estimate of drug-likeness (QED) is 0.739. The van der Waals surface area contributed by atoms with Gasteiger partial charge in [0.2, 0.25) is 0 Å². The van der Waals surface area contributed by atoms with Crippen LogP contribution in [0.1, 0.15) is 12.1 Å². The highest BCUT2D eigenvalue weighted by atomic mass is 19.1. The van der Waals surface area contributed by atoms with E-state index in [9.17, 15) is 4.39 Å². The molecule has 2 N–H and O–H groups in total. The highest BCUT2D eigenvalue weighted by molar-refractivity contribution is 5.80. The third kappa shape index (κ3) is 2.18. The van der Waals surface area contributed by atoms with Crippen LogP contribution in [0.3, 0.4) is 0 Å². The largest absolute Gasteiger partial charge is 0.356 e. The van der Waals surface area contributed by atoms with Gasteiger partial charge in [-0.05, 0) is 38.6 Å². The van der Waals surface area contributed by atoms with E-state index in [4.69, 9.17) is 0 Å². The number of aromatic amines is 1. The summed E-state index contributed by atoms with van der Waals surface area (Å²) < 4.78 is 13.3. The number of halogens is 1. The minimum Gasteiger partial charge on any atom is -0.356 e. The van der Waals surface area contributed by atoms with Gasteiger partial charge in [-0.25, -0.2) is 4.39 Å². The molecule has 0 saturated carbocycles. The number of H-pyrrole nitrogens is 1. The van der Waals surface area contributed by atoms with Crippen LogP contribution in [-0.4, -0.2) is 18.6 Å². The second-order valence-corrected chi connectivity index (χ2v) is 3.71. The maximum Gasteiger partial charge on any atom is 0.147 e. The molecule has 0 unspecified atom stereocenters. The number of hydrogen-bond donors (Lipinski definition) is 2. The number of benzene rings is 1. The molecule has 0 aliphatic rings. The van der Waals surface area contributed by atoms with Gasteiger partial charge in [-0.3, -0.25) is 0 Å². The van der Waals surface area contributed by atoms with Crippen molar-refractivity contribution >= 4 is 10.9 Å². The highest BCUT2D eigenvalue weighted by Gasteiger charge is 2.04. The Morgan fingerprint density at radius 3 is 3.00 bits per heavy atom. The minimum absolute atomic E-state index is 0.174. The number of fused-ring (bicyclic) bond motifs is 1. The molecule has 0 aliphatic heterocycles. The number of rotatable bonds is 4. The summed E-state index contributed by atoms with van der Waals surface area (Å²) in [6.07, 6.45) is 2.01. The van der Waals surface area contributed by atoms with E-state index in [-0.39, 0.29) is 5.82 Å². The first-order valence-corrected chi connectivity index (χ1v) is 5.22. The molecule has 3 heteroatoms. The molecule has 0 amide bonds. The molecule has 0 atom stereocenters. The summed E-state index contributed by atoms with van der Waals surface area (Å²) in [4.78, 5) is 3.12. The summed E-state index contributed by atoms with van der Waals surface area (Å²) >= 11 is 0. The summed E-state index contributed by atoms with van der Waals surface area (Å²) in [5, 5.41) is 4.05. The van der Waals surface area contributed by atoms with Gasteiger partial charge in [0, 0.05) is 11.1 Å². The van der Waals surface area contributed by atoms with Crippen LogP contribution < -0.4 is 5.32 Å². The Labute approximate surface area is 88.5 Å². The molecule has 1 aromatic heterocycles. The summed E-state index contributed by atoms with van der Waals surface area (Å²) in [7, 11) is 1.94. The van der Waals surface area contributed by atoms with E-state index in [2.05, 4.69) is 10.3 Å². The van der Waals surface area contributed by atoms with Gasteiger partial charge in [-0.15, -0.1) is 0 Å². The van der Waals surface area contributed by atoms with Crippen molar-refractivity contribution < 1.29 is 4.39 Å². The third-order valence-corrected chi connectivity index (χ3v) is 2.53. The lowest BCUT2D eigenvalue weighted by Gasteiger charge is -1.96. The van der Waals surface area contributed by atoms with Crippen molar-refractivity contribution in [3.63, 3.8) is 0 Å². The predicted molar refractivity (Wildman–Crippen MR) is 60.5 cm³/mol. The minimum atomic E-state index is -0.174. The zero-order valence-electron chi connectivity index (χ0n) is 8.81. The van der Waals surface area contributed by atoms with Crippen molar-refractivity contribution in [1.82, 2.24) is 10.3 Å². The zero-order valence-corrected chi connectivity index (χ0v) is 8.81. The van der Waals surface area contributed by atoms with Crippen molar-refractivity contribution in [2.24, 2.45) is 0 Å². The molecule has 0 spiro atoms. The normalized spacial score (nSPS) is 11.1. The topological polar surface area (TPSA) is 27.8 Å². The molecule has 2 aromatic rings. The molecule has 0 radical (unpaired) electrons. The molecule has 15 heavy (non-hydrogen) atoms. The first-order chi connectivity index (χ1) is 7.31. The number of aryl methyl sites for hydroxylation is 1. The Morgan fingerprint density at radius 2 is 2.27 bits per heavy atom. The van der Waals surface area contributed by atoms with E-state index in [1.165, 1.54) is 6.07 Å². The lowest BCUT2D eigenvalue weighted by molar-refractivity contribution is 0.636. The van der Waals surface area contributed by atoms with Crippen LogP contribution in [0.4, 0.5) is 4.39 Å². The van der Waals surface area contributed by atoms with Crippen LogP contribution in [-0.2, 0) is 6.42 Å². The van der Waals surface area contributed by atoms with Crippen LogP contribution in [0, 0.1) is 5.82 Å². The fraction of sp³-hybridized carbons (Fsp3) is 0.333. The summed E-state index contributed by atoms with van der Waals surface area (Å²) in [5.41, 5.74) is 1.72. The first kappa shape index (κ1) is 10.2. The van der Waals surface area contributed by atoms with E-state index in [1.807, 2.05) is 19.2 Å². The van der Waals surface area contributed by atoms with Gasteiger partial charge in [0.15, 0.2) is 0 Å². The molecule has 80 valence electrons. The fourth-order valence-electron chi connectivity index (χ4n) is 1.77. The van der Waals surface area contributed by atoms with Gasteiger partial charge >= 0.3 is 0 Å². The van der Waals surface area contributed by atoms with Gasteiger partial charge < -0.3 is 10.3 Å². The average molecular weight is 206 g/mol. The molecule has 2 rings (SSSR count). The second-order valence-electron chi connectivity index (χ2n) is 3.71. The number of hydrogen-bond acceptors (Lipinski definition) is 1. The van der Waals surface area contributed by atoms with Crippen LogP contribution in [0.5, 0.6) is 0 Å². The molecule has 1 heterocycles. The van der Waals surface area contributed by atoms with Gasteiger partial charge in [0.1, 0.15) is 5.82 Å². The Hall–Kier alpha value is -1.35. The van der Waals surface area contributed by atoms with E-state index >= 15 is 0 Å². The average Bonchev–Trinajstić information content (AvgIpc) is 2.63. The Morgan fingerprint density at radius 1 is 1.40 bits per heavy atom.